The van der Waals surface area contributed by atoms with Crippen LogP contribution in [0.3, 0.4) is 0 Å². The fourth-order valence-electron chi connectivity index (χ4n) is 2.33. The fourth-order valence-corrected chi connectivity index (χ4v) is 3.74. The first-order chi connectivity index (χ1) is 10.3. The summed E-state index contributed by atoms with van der Waals surface area (Å²) in [6.07, 6.45) is 3.22. The Morgan fingerprint density at radius 2 is 2.23 bits per heavy atom. The molecule has 1 aliphatic carbocycles. The van der Waals surface area contributed by atoms with Crippen molar-refractivity contribution in [3.63, 3.8) is 0 Å². The molecule has 7 nitrogen and oxygen atoms in total. The van der Waals surface area contributed by atoms with Crippen LogP contribution in [-0.2, 0) is 15.5 Å². The normalized spacial score (nSPS) is 22.7. The highest BCUT2D eigenvalue weighted by atomic mass is 31.2. The third-order valence-electron chi connectivity index (χ3n) is 3.55. The van der Waals surface area contributed by atoms with E-state index in [0.29, 0.717) is 6.42 Å². The number of rotatable bonds is 4. The van der Waals surface area contributed by atoms with E-state index in [1.54, 1.807) is 13.0 Å². The maximum atomic E-state index is 12.4. The Morgan fingerprint density at radius 1 is 1.55 bits per heavy atom. The summed E-state index contributed by atoms with van der Waals surface area (Å²) in [6, 6.07) is 1.60. The van der Waals surface area contributed by atoms with Crippen molar-refractivity contribution in [1.82, 2.24) is 0 Å². The lowest BCUT2D eigenvalue weighted by molar-refractivity contribution is 0.0795. The van der Waals surface area contributed by atoms with Crippen molar-refractivity contribution in [2.45, 2.75) is 32.3 Å². The number of fused-ring (bicyclic) bond motifs is 1. The molecule has 0 saturated carbocycles. The average molecular weight is 325 g/mol. The number of hydrogen-bond acceptors (Lipinski definition) is 6. The molecule has 8 heteroatoms. The predicted molar refractivity (Wildman–Crippen MR) is 78.8 cm³/mol. The molecule has 0 amide bonds. The summed E-state index contributed by atoms with van der Waals surface area (Å²) in [6.45, 7) is 3.23. The van der Waals surface area contributed by atoms with E-state index in [0.717, 1.165) is 0 Å². The molecule has 1 heterocycles. The van der Waals surface area contributed by atoms with Gasteiger partial charge in [-0.2, -0.15) is 5.26 Å². The Hall–Kier alpha value is -1.71. The smallest absolute Gasteiger partial charge is 0.361 e. The van der Waals surface area contributed by atoms with Crippen molar-refractivity contribution in [3.05, 3.63) is 33.4 Å². The van der Waals surface area contributed by atoms with Crippen LogP contribution >= 0.6 is 7.60 Å². The summed E-state index contributed by atoms with van der Waals surface area (Å²) in [4.78, 5) is 22.0. The molecule has 118 valence electrons. The van der Waals surface area contributed by atoms with E-state index >= 15 is 0 Å². The van der Waals surface area contributed by atoms with Crippen LogP contribution in [0.5, 0.6) is 0 Å². The second-order valence-electron chi connectivity index (χ2n) is 4.97. The highest BCUT2D eigenvalue weighted by Crippen LogP contribution is 2.44. The number of nitrogens with zero attached hydrogens (tertiary/aromatic N) is 1. The Labute approximate surface area is 127 Å². The SMILES string of the molecule is CCOP(=O)(O)c1c2c(oc(=O)c1C#N)CC(O)(CC)C=C2. The Balaban J connectivity index is 2.77. The molecule has 0 aliphatic heterocycles. The minimum atomic E-state index is -4.35. The van der Waals surface area contributed by atoms with E-state index in [-0.39, 0.29) is 29.7 Å². The zero-order valence-corrected chi connectivity index (χ0v) is 13.1. The van der Waals surface area contributed by atoms with Gasteiger partial charge >= 0.3 is 13.2 Å². The van der Waals surface area contributed by atoms with Crippen LogP contribution in [0.1, 0.15) is 37.2 Å². The van der Waals surface area contributed by atoms with E-state index in [1.807, 2.05) is 0 Å². The lowest BCUT2D eigenvalue weighted by atomic mass is 9.87. The maximum absolute atomic E-state index is 12.4. The summed E-state index contributed by atoms with van der Waals surface area (Å²) in [5.74, 6) is 0.0693. The first-order valence-electron chi connectivity index (χ1n) is 6.77. The van der Waals surface area contributed by atoms with Gasteiger partial charge in [0.1, 0.15) is 11.8 Å². The van der Waals surface area contributed by atoms with Crippen LogP contribution in [0.2, 0.25) is 0 Å². The molecule has 2 unspecified atom stereocenters. The zero-order valence-electron chi connectivity index (χ0n) is 12.2. The molecule has 22 heavy (non-hydrogen) atoms. The molecule has 0 fully saturated rings. The van der Waals surface area contributed by atoms with Crippen molar-refractivity contribution in [3.8, 4) is 6.07 Å². The standard InChI is InChI=1S/C14H16NO6P/c1-3-14(17)6-5-9-11(7-14)21-13(16)10(8-15)12(9)22(18,19)20-4-2/h5-6,17H,3-4,7H2,1-2H3,(H,18,19). The lowest BCUT2D eigenvalue weighted by Gasteiger charge is -2.28. The van der Waals surface area contributed by atoms with Crippen molar-refractivity contribution in [2.75, 3.05) is 6.61 Å². The molecule has 2 rings (SSSR count). The monoisotopic (exact) mass is 325 g/mol. The lowest BCUT2D eigenvalue weighted by Crippen LogP contribution is -2.34. The van der Waals surface area contributed by atoms with Crippen molar-refractivity contribution < 1.29 is 23.5 Å². The van der Waals surface area contributed by atoms with Gasteiger partial charge in [-0.15, -0.1) is 0 Å². The summed E-state index contributed by atoms with van der Waals surface area (Å²) in [5.41, 5.74) is -2.61. The Bertz CT molecular complexity index is 775. The van der Waals surface area contributed by atoms with Gasteiger partial charge in [-0.3, -0.25) is 4.57 Å². The van der Waals surface area contributed by atoms with Crippen LogP contribution in [0, 0.1) is 11.3 Å². The molecule has 1 aromatic heterocycles. The van der Waals surface area contributed by atoms with Crippen molar-refractivity contribution >= 4 is 19.0 Å². The Kier molecular flexibility index (Phi) is 4.41. The summed E-state index contributed by atoms with van der Waals surface area (Å²) in [5, 5.41) is 19.0. The quantitative estimate of drug-likeness (QED) is 0.794. The molecule has 0 saturated heterocycles. The number of nitriles is 1. The first-order valence-corrected chi connectivity index (χ1v) is 8.35. The minimum Gasteiger partial charge on any atom is -0.426 e. The van der Waals surface area contributed by atoms with Gasteiger partial charge in [0.05, 0.1) is 17.5 Å². The van der Waals surface area contributed by atoms with Gasteiger partial charge in [-0.05, 0) is 13.3 Å². The molecule has 1 aliphatic rings. The average Bonchev–Trinajstić information content (AvgIpc) is 2.45. The topological polar surface area (TPSA) is 121 Å². The van der Waals surface area contributed by atoms with Gasteiger partial charge in [0.15, 0.2) is 5.56 Å². The van der Waals surface area contributed by atoms with Crippen LogP contribution in [0.15, 0.2) is 15.3 Å². The van der Waals surface area contributed by atoms with Gasteiger partial charge in [0.2, 0.25) is 0 Å². The van der Waals surface area contributed by atoms with Gasteiger partial charge in [0.25, 0.3) is 0 Å². The maximum Gasteiger partial charge on any atom is 0.361 e. The summed E-state index contributed by atoms with van der Waals surface area (Å²) >= 11 is 0. The van der Waals surface area contributed by atoms with Crippen LogP contribution in [-0.4, -0.2) is 22.2 Å². The molecular weight excluding hydrogens is 309 g/mol. The molecule has 0 radical (unpaired) electrons. The van der Waals surface area contributed by atoms with Gasteiger partial charge in [-0.1, -0.05) is 19.1 Å². The predicted octanol–water partition coefficient (Wildman–Crippen LogP) is 1.07. The second kappa shape index (κ2) is 5.82. The van der Waals surface area contributed by atoms with Crippen LogP contribution in [0.25, 0.3) is 6.08 Å². The fraction of sp³-hybridized carbons (Fsp3) is 0.429. The van der Waals surface area contributed by atoms with E-state index < -0.39 is 24.4 Å². The van der Waals surface area contributed by atoms with Gasteiger partial charge < -0.3 is 18.9 Å². The number of hydrogen-bond donors (Lipinski definition) is 2. The second-order valence-corrected chi connectivity index (χ2v) is 6.71. The summed E-state index contributed by atoms with van der Waals surface area (Å²) < 4.78 is 22.3. The minimum absolute atomic E-state index is 0.0184. The molecule has 1 aromatic rings. The van der Waals surface area contributed by atoms with Gasteiger partial charge in [-0.25, -0.2) is 4.79 Å². The number of aliphatic hydroxyl groups is 1. The van der Waals surface area contributed by atoms with Crippen molar-refractivity contribution in [1.29, 1.82) is 5.26 Å². The van der Waals surface area contributed by atoms with Gasteiger partial charge in [0, 0.05) is 12.0 Å². The molecular formula is C14H16NO6P. The molecule has 0 bridgehead atoms. The van der Waals surface area contributed by atoms with Crippen LogP contribution < -0.4 is 10.9 Å². The van der Waals surface area contributed by atoms with Crippen molar-refractivity contribution in [2.24, 2.45) is 0 Å². The first kappa shape index (κ1) is 16.7. The third-order valence-corrected chi connectivity index (χ3v) is 5.19. The molecule has 0 aromatic carbocycles. The highest BCUT2D eigenvalue weighted by molar-refractivity contribution is 7.61. The zero-order chi connectivity index (χ0) is 16.5. The third kappa shape index (κ3) is 2.79. The molecule has 2 N–H and O–H groups in total. The summed E-state index contributed by atoms with van der Waals surface area (Å²) in [7, 11) is -4.35. The van der Waals surface area contributed by atoms with Crippen LogP contribution in [0.4, 0.5) is 0 Å². The van der Waals surface area contributed by atoms with E-state index in [1.165, 1.54) is 19.1 Å². The Morgan fingerprint density at radius 3 is 2.77 bits per heavy atom. The largest absolute Gasteiger partial charge is 0.426 e. The van der Waals surface area contributed by atoms with E-state index in [9.17, 15) is 19.4 Å². The highest BCUT2D eigenvalue weighted by Gasteiger charge is 2.37. The van der Waals surface area contributed by atoms with E-state index in [4.69, 9.17) is 14.2 Å². The van der Waals surface area contributed by atoms with E-state index in [2.05, 4.69) is 0 Å². The molecule has 2 atom stereocenters. The molecule has 0 spiro atoms.